The van der Waals surface area contributed by atoms with Crippen LogP contribution >= 0.6 is 0 Å². The largest absolute Gasteiger partial charge is 0.493 e. The van der Waals surface area contributed by atoms with Crippen LogP contribution in [0.3, 0.4) is 0 Å². The summed E-state index contributed by atoms with van der Waals surface area (Å²) >= 11 is 0. The smallest absolute Gasteiger partial charge is 0.239 e. The van der Waals surface area contributed by atoms with Crippen molar-refractivity contribution in [2.24, 2.45) is 5.73 Å². The van der Waals surface area contributed by atoms with E-state index in [0.717, 1.165) is 10.9 Å². The molecule has 0 saturated carbocycles. The molecule has 4 rings (SSSR count). The van der Waals surface area contributed by atoms with Crippen LogP contribution in [0.25, 0.3) is 22.0 Å². The number of carbonyl (C=O) groups excluding carboxylic acids is 3. The number of aliphatic hydroxyl groups is 1. The first-order valence-corrected chi connectivity index (χ1v) is 12.2. The van der Waals surface area contributed by atoms with Gasteiger partial charge < -0.3 is 34.9 Å². The highest BCUT2D eigenvalue weighted by Crippen LogP contribution is 2.44. The maximum Gasteiger partial charge on any atom is 0.239 e. The van der Waals surface area contributed by atoms with Crippen LogP contribution in [-0.2, 0) is 20.9 Å². The highest BCUT2D eigenvalue weighted by Gasteiger charge is 2.35. The summed E-state index contributed by atoms with van der Waals surface area (Å²) in [6.07, 6.45) is 2.24. The Morgan fingerprint density at radius 1 is 1.05 bits per heavy atom. The molecule has 1 heterocycles. The van der Waals surface area contributed by atoms with E-state index in [1.807, 2.05) is 35.0 Å². The van der Waals surface area contributed by atoms with E-state index in [1.165, 1.54) is 21.3 Å². The first-order valence-electron chi connectivity index (χ1n) is 12.2. The molecule has 1 amide bonds. The van der Waals surface area contributed by atoms with Crippen molar-refractivity contribution in [3.63, 3.8) is 0 Å². The summed E-state index contributed by atoms with van der Waals surface area (Å²) in [6, 6.07) is 10.0. The van der Waals surface area contributed by atoms with Crippen LogP contribution in [0.15, 0.2) is 42.6 Å². The molecule has 0 spiro atoms. The summed E-state index contributed by atoms with van der Waals surface area (Å²) in [6.45, 7) is 0.489. The molecule has 0 bridgehead atoms. The first-order chi connectivity index (χ1) is 18.3. The Kier molecular flexibility index (Phi) is 8.13. The van der Waals surface area contributed by atoms with Gasteiger partial charge in [-0.05, 0) is 30.2 Å². The van der Waals surface area contributed by atoms with Crippen molar-refractivity contribution in [2.75, 3.05) is 34.5 Å². The standard InChI is InChI=1S/C28H31N3O7/c1-36-23-11-16(12-24(37-2)27(23)38-3)25-21(33)13-22(34)26(25)18-14-31(20-8-5-4-7-17(18)20)10-6-9-30-28(35)19(29)15-32/h4-5,7-8,11-12,14,19,32H,6,9-10,13,15,29H2,1-3H3,(H,30,35). The molecule has 0 radical (unpaired) electrons. The van der Waals surface area contributed by atoms with Crippen LogP contribution in [0, 0.1) is 0 Å². The number of aromatic nitrogens is 1. The van der Waals surface area contributed by atoms with Gasteiger partial charge in [0.25, 0.3) is 0 Å². The molecular formula is C28H31N3O7. The number of hydrogen-bond acceptors (Lipinski definition) is 8. The molecule has 1 aliphatic rings. The van der Waals surface area contributed by atoms with Crippen molar-refractivity contribution >= 4 is 39.5 Å². The number of fused-ring (bicyclic) bond motifs is 1. The minimum atomic E-state index is -0.958. The second-order valence-corrected chi connectivity index (χ2v) is 8.87. The summed E-state index contributed by atoms with van der Waals surface area (Å²) < 4.78 is 18.3. The molecule has 0 fully saturated rings. The number of nitrogens with one attached hydrogen (secondary N) is 1. The predicted octanol–water partition coefficient (Wildman–Crippen LogP) is 1.95. The molecule has 1 atom stereocenters. The monoisotopic (exact) mass is 521 g/mol. The van der Waals surface area contributed by atoms with Gasteiger partial charge in [0.05, 0.1) is 34.4 Å². The Bertz CT molecular complexity index is 1400. The maximum absolute atomic E-state index is 13.2. The van der Waals surface area contributed by atoms with E-state index in [-0.39, 0.29) is 18.0 Å². The summed E-state index contributed by atoms with van der Waals surface area (Å²) in [7, 11) is 4.48. The Labute approximate surface area is 220 Å². The van der Waals surface area contributed by atoms with Gasteiger partial charge in [-0.25, -0.2) is 0 Å². The second-order valence-electron chi connectivity index (χ2n) is 8.87. The van der Waals surface area contributed by atoms with Crippen molar-refractivity contribution in [3.05, 3.63) is 53.7 Å². The third kappa shape index (κ3) is 5.00. The fourth-order valence-electron chi connectivity index (χ4n) is 4.72. The average molecular weight is 522 g/mol. The highest BCUT2D eigenvalue weighted by atomic mass is 16.5. The number of ketones is 2. The number of aliphatic hydroxyl groups excluding tert-OH is 1. The number of ether oxygens (including phenoxy) is 3. The number of nitrogens with zero attached hydrogens (tertiary/aromatic N) is 1. The average Bonchev–Trinajstić information content (AvgIpc) is 3.44. The summed E-state index contributed by atoms with van der Waals surface area (Å²) in [4.78, 5) is 38.2. The van der Waals surface area contributed by atoms with Gasteiger partial charge >= 0.3 is 0 Å². The number of amides is 1. The van der Waals surface area contributed by atoms with Gasteiger partial charge in [-0.3, -0.25) is 14.4 Å². The van der Waals surface area contributed by atoms with Crippen LogP contribution < -0.4 is 25.3 Å². The first kappa shape index (κ1) is 26.9. The van der Waals surface area contributed by atoms with Crippen molar-refractivity contribution in [1.82, 2.24) is 9.88 Å². The number of Topliss-reactive ketones (excluding diaryl/α,β-unsaturated/α-hetero) is 2. The number of benzene rings is 2. The number of para-hydroxylation sites is 1. The molecule has 38 heavy (non-hydrogen) atoms. The molecule has 1 unspecified atom stereocenters. The van der Waals surface area contributed by atoms with Gasteiger partial charge in [-0.2, -0.15) is 0 Å². The molecular weight excluding hydrogens is 490 g/mol. The molecule has 2 aromatic carbocycles. The molecule has 10 nitrogen and oxygen atoms in total. The quantitative estimate of drug-likeness (QED) is 0.257. The Morgan fingerprint density at radius 2 is 1.71 bits per heavy atom. The van der Waals surface area contributed by atoms with Crippen molar-refractivity contribution in [1.29, 1.82) is 0 Å². The zero-order valence-electron chi connectivity index (χ0n) is 21.6. The Balaban J connectivity index is 1.76. The normalized spacial score (nSPS) is 14.2. The van der Waals surface area contributed by atoms with Crippen molar-refractivity contribution < 1.29 is 33.7 Å². The van der Waals surface area contributed by atoms with E-state index in [2.05, 4.69) is 5.32 Å². The lowest BCUT2D eigenvalue weighted by Crippen LogP contribution is -2.43. The lowest BCUT2D eigenvalue weighted by molar-refractivity contribution is -0.123. The fraction of sp³-hybridized carbons (Fsp3) is 0.321. The number of rotatable bonds is 11. The lowest BCUT2D eigenvalue weighted by Gasteiger charge is -2.15. The van der Waals surface area contributed by atoms with Gasteiger partial charge in [0.15, 0.2) is 23.1 Å². The Morgan fingerprint density at radius 3 is 2.34 bits per heavy atom. The Hall–Kier alpha value is -4.15. The van der Waals surface area contributed by atoms with E-state index in [0.29, 0.717) is 59.0 Å². The molecule has 1 aliphatic carbocycles. The third-order valence-corrected chi connectivity index (χ3v) is 6.55. The molecule has 1 aromatic heterocycles. The summed E-state index contributed by atoms with van der Waals surface area (Å²) in [5, 5.41) is 12.6. The van der Waals surface area contributed by atoms with Gasteiger partial charge in [0, 0.05) is 46.9 Å². The third-order valence-electron chi connectivity index (χ3n) is 6.55. The minimum absolute atomic E-state index is 0.224. The van der Waals surface area contributed by atoms with Crippen molar-refractivity contribution in [3.8, 4) is 17.2 Å². The molecule has 3 aromatic rings. The van der Waals surface area contributed by atoms with E-state index in [4.69, 9.17) is 25.1 Å². The number of aryl methyl sites for hydroxylation is 1. The number of methoxy groups -OCH3 is 3. The van der Waals surface area contributed by atoms with Gasteiger partial charge in [0.2, 0.25) is 11.7 Å². The van der Waals surface area contributed by atoms with E-state index >= 15 is 0 Å². The SMILES string of the molecule is COc1cc(C2=C(c3cn(CCCNC(=O)C(N)CO)c4ccccc34)C(=O)CC2=O)cc(OC)c1OC. The molecule has 0 saturated heterocycles. The highest BCUT2D eigenvalue weighted by molar-refractivity contribution is 6.51. The summed E-state index contributed by atoms with van der Waals surface area (Å²) in [5.74, 6) is 0.200. The van der Waals surface area contributed by atoms with E-state index in [1.54, 1.807) is 12.1 Å². The van der Waals surface area contributed by atoms with Crippen LogP contribution in [-0.4, -0.2) is 67.7 Å². The second kappa shape index (κ2) is 11.5. The van der Waals surface area contributed by atoms with Gasteiger partial charge in [-0.15, -0.1) is 0 Å². The topological polar surface area (TPSA) is 142 Å². The van der Waals surface area contributed by atoms with Crippen LogP contribution in [0.1, 0.15) is 24.0 Å². The van der Waals surface area contributed by atoms with Crippen LogP contribution in [0.4, 0.5) is 0 Å². The number of nitrogens with two attached hydrogens (primary N) is 1. The molecule has 4 N–H and O–H groups in total. The molecule has 0 aliphatic heterocycles. The zero-order chi connectivity index (χ0) is 27.4. The van der Waals surface area contributed by atoms with Crippen molar-refractivity contribution in [2.45, 2.75) is 25.4 Å². The molecule has 10 heteroatoms. The zero-order valence-corrected chi connectivity index (χ0v) is 21.6. The summed E-state index contributed by atoms with van der Waals surface area (Å²) in [5.41, 5.74) is 8.25. The number of hydrogen-bond donors (Lipinski definition) is 3. The predicted molar refractivity (Wildman–Crippen MR) is 142 cm³/mol. The minimum Gasteiger partial charge on any atom is -0.493 e. The van der Waals surface area contributed by atoms with Gasteiger partial charge in [0.1, 0.15) is 6.04 Å². The van der Waals surface area contributed by atoms with E-state index < -0.39 is 18.6 Å². The van der Waals surface area contributed by atoms with Crippen LogP contribution in [0.5, 0.6) is 17.2 Å². The molecule has 200 valence electrons. The van der Waals surface area contributed by atoms with E-state index in [9.17, 15) is 14.4 Å². The van der Waals surface area contributed by atoms with Gasteiger partial charge in [-0.1, -0.05) is 18.2 Å². The fourth-order valence-corrected chi connectivity index (χ4v) is 4.72. The maximum atomic E-state index is 13.2. The number of carbonyl (C=O) groups is 3. The lowest BCUT2D eigenvalue weighted by atomic mass is 9.95. The van der Waals surface area contributed by atoms with Crippen LogP contribution in [0.2, 0.25) is 0 Å². The number of allylic oxidation sites excluding steroid dienone is 2.